The molecule has 3 aromatic heterocycles. The number of amides is 1. The summed E-state index contributed by atoms with van der Waals surface area (Å²) in [4.78, 5) is 25.9. The minimum Gasteiger partial charge on any atom is -0.288 e. The van der Waals surface area contributed by atoms with Crippen molar-refractivity contribution < 1.29 is 14.4 Å². The van der Waals surface area contributed by atoms with Gasteiger partial charge in [0.25, 0.3) is 5.91 Å². The molecule has 1 amide bonds. The summed E-state index contributed by atoms with van der Waals surface area (Å²) in [6.45, 7) is 0. The molecule has 2 N–H and O–H groups in total. The minimum absolute atomic E-state index is 0.263. The van der Waals surface area contributed by atoms with Crippen LogP contribution in [0.2, 0.25) is 0 Å². The maximum Gasteiger partial charge on any atom is 0.274 e. The Morgan fingerprint density at radius 1 is 1.04 bits per heavy atom. The Kier molecular flexibility index (Phi) is 4.19. The van der Waals surface area contributed by atoms with Gasteiger partial charge < -0.3 is 0 Å². The van der Waals surface area contributed by atoms with E-state index in [-0.39, 0.29) is 5.56 Å². The van der Waals surface area contributed by atoms with E-state index in [0.29, 0.717) is 23.1 Å². The van der Waals surface area contributed by atoms with Crippen LogP contribution in [0.15, 0.2) is 67.1 Å². The van der Waals surface area contributed by atoms with E-state index in [1.165, 1.54) is 28.8 Å². The molecule has 0 radical (unpaired) electrons. The van der Waals surface area contributed by atoms with Gasteiger partial charge in [0.05, 0.1) is 11.9 Å². The molecular weight excluding hydrogens is 351 g/mol. The van der Waals surface area contributed by atoms with E-state index in [4.69, 9.17) is 5.21 Å². The maximum atomic E-state index is 14.5. The zero-order valence-electron chi connectivity index (χ0n) is 13.8. The molecule has 0 bridgehead atoms. The molecule has 1 aromatic carbocycles. The average molecular weight is 364 g/mol. The molecular formula is C18H13FN6O2. The monoisotopic (exact) mass is 364 g/mol. The highest BCUT2D eigenvalue weighted by molar-refractivity contribution is 5.93. The van der Waals surface area contributed by atoms with Gasteiger partial charge in [0.1, 0.15) is 11.5 Å². The van der Waals surface area contributed by atoms with Gasteiger partial charge in [0.2, 0.25) is 11.9 Å². The lowest BCUT2D eigenvalue weighted by atomic mass is 10.2. The number of benzene rings is 1. The Morgan fingerprint density at radius 2 is 1.78 bits per heavy atom. The summed E-state index contributed by atoms with van der Waals surface area (Å²) in [6, 6.07) is 12.6. The number of aromatic nitrogens is 4. The summed E-state index contributed by atoms with van der Waals surface area (Å²) in [5.74, 6) is -0.419. The second kappa shape index (κ2) is 6.81. The molecule has 0 atom stereocenters. The first-order valence-corrected chi connectivity index (χ1v) is 7.92. The fourth-order valence-electron chi connectivity index (χ4n) is 2.72. The quantitative estimate of drug-likeness (QED) is 0.328. The summed E-state index contributed by atoms with van der Waals surface area (Å²) in [7, 11) is 0. The second-order valence-corrected chi connectivity index (χ2v) is 5.53. The third-order valence-corrected chi connectivity index (χ3v) is 3.93. The van der Waals surface area contributed by atoms with Gasteiger partial charge in [-0.3, -0.25) is 19.3 Å². The smallest absolute Gasteiger partial charge is 0.274 e. The molecule has 0 saturated heterocycles. The largest absolute Gasteiger partial charge is 0.288 e. The first-order chi connectivity index (χ1) is 13.2. The third kappa shape index (κ3) is 2.96. The highest BCUT2D eigenvalue weighted by Crippen LogP contribution is 2.32. The molecule has 0 fully saturated rings. The van der Waals surface area contributed by atoms with Gasteiger partial charge in [-0.25, -0.2) is 20.4 Å². The van der Waals surface area contributed by atoms with Crippen molar-refractivity contribution in [1.29, 1.82) is 0 Å². The predicted molar refractivity (Wildman–Crippen MR) is 94.7 cm³/mol. The van der Waals surface area contributed by atoms with Crippen molar-refractivity contribution in [2.24, 2.45) is 0 Å². The van der Waals surface area contributed by atoms with Crippen LogP contribution in [0.25, 0.3) is 5.65 Å². The van der Waals surface area contributed by atoms with Crippen molar-refractivity contribution in [2.75, 3.05) is 4.90 Å². The fourth-order valence-corrected chi connectivity index (χ4v) is 2.72. The molecule has 0 aliphatic rings. The van der Waals surface area contributed by atoms with E-state index >= 15 is 0 Å². The van der Waals surface area contributed by atoms with E-state index in [9.17, 15) is 9.18 Å². The van der Waals surface area contributed by atoms with Crippen LogP contribution < -0.4 is 10.4 Å². The van der Waals surface area contributed by atoms with E-state index < -0.39 is 11.9 Å². The molecule has 8 nitrogen and oxygen atoms in total. The summed E-state index contributed by atoms with van der Waals surface area (Å²) in [5.41, 5.74) is 2.86. The summed E-state index contributed by atoms with van der Waals surface area (Å²) < 4.78 is 15.8. The van der Waals surface area contributed by atoms with Crippen LogP contribution >= 0.6 is 0 Å². The van der Waals surface area contributed by atoms with Crippen molar-refractivity contribution in [3.8, 4) is 0 Å². The Balaban J connectivity index is 1.89. The molecule has 0 aliphatic heterocycles. The number of nitrogens with zero attached hydrogens (tertiary/aromatic N) is 5. The van der Waals surface area contributed by atoms with Crippen LogP contribution in [0, 0.1) is 5.95 Å². The number of imidazole rings is 1. The second-order valence-electron chi connectivity index (χ2n) is 5.53. The van der Waals surface area contributed by atoms with Crippen molar-refractivity contribution in [3.63, 3.8) is 0 Å². The van der Waals surface area contributed by atoms with Gasteiger partial charge in [-0.1, -0.05) is 6.07 Å². The van der Waals surface area contributed by atoms with Gasteiger partial charge in [-0.05, 0) is 42.5 Å². The average Bonchev–Trinajstić information content (AvgIpc) is 3.14. The molecule has 9 heteroatoms. The highest BCUT2D eigenvalue weighted by atomic mass is 19.1. The van der Waals surface area contributed by atoms with E-state index in [1.807, 2.05) is 0 Å². The molecule has 0 saturated carbocycles. The van der Waals surface area contributed by atoms with Crippen LogP contribution in [0.1, 0.15) is 10.4 Å². The molecule has 0 unspecified atom stereocenters. The molecule has 134 valence electrons. The lowest BCUT2D eigenvalue weighted by Crippen LogP contribution is -2.19. The van der Waals surface area contributed by atoms with Gasteiger partial charge in [0, 0.05) is 18.0 Å². The van der Waals surface area contributed by atoms with Gasteiger partial charge in [0.15, 0.2) is 0 Å². The fraction of sp³-hybridized carbons (Fsp3) is 0. The SMILES string of the molecule is O=C(NO)c1ccc(N(c2ncccn2)c2cnc3cccc(F)n23)cc1. The third-order valence-electron chi connectivity index (χ3n) is 3.93. The number of hydroxylamine groups is 1. The highest BCUT2D eigenvalue weighted by Gasteiger charge is 2.20. The van der Waals surface area contributed by atoms with Crippen LogP contribution in [-0.2, 0) is 0 Å². The molecule has 0 spiro atoms. The van der Waals surface area contributed by atoms with Crippen LogP contribution in [0.5, 0.6) is 0 Å². The van der Waals surface area contributed by atoms with E-state index in [2.05, 4.69) is 15.0 Å². The number of halogens is 1. The first kappa shape index (κ1) is 16.6. The number of rotatable bonds is 4. The van der Waals surface area contributed by atoms with Crippen molar-refractivity contribution in [2.45, 2.75) is 0 Å². The Bertz CT molecular complexity index is 1100. The molecule has 0 aliphatic carbocycles. The number of pyridine rings is 1. The summed E-state index contributed by atoms with van der Waals surface area (Å²) >= 11 is 0. The summed E-state index contributed by atoms with van der Waals surface area (Å²) in [6.07, 6.45) is 4.66. The van der Waals surface area contributed by atoms with Crippen molar-refractivity contribution in [3.05, 3.63) is 78.6 Å². The standard InChI is InChI=1S/C18H13FN6O2/c19-14-3-1-4-15-22-11-16(25(14)15)24(18-20-9-2-10-21-18)13-7-5-12(6-8-13)17(26)23-27/h1-11,27H,(H,23,26). The van der Waals surface area contributed by atoms with E-state index in [1.54, 1.807) is 53.1 Å². The topological polar surface area (TPSA) is 95.7 Å². The molecule has 4 rings (SSSR count). The molecule has 27 heavy (non-hydrogen) atoms. The first-order valence-electron chi connectivity index (χ1n) is 7.92. The maximum absolute atomic E-state index is 14.5. The lowest BCUT2D eigenvalue weighted by molar-refractivity contribution is 0.0706. The number of hydrogen-bond acceptors (Lipinski definition) is 6. The predicted octanol–water partition coefficient (Wildman–Crippen LogP) is 2.85. The van der Waals surface area contributed by atoms with Crippen LogP contribution in [-0.4, -0.2) is 30.5 Å². The number of carbonyl (C=O) groups is 1. The number of carbonyl (C=O) groups excluding carboxylic acids is 1. The zero-order valence-corrected chi connectivity index (χ0v) is 13.8. The van der Waals surface area contributed by atoms with Crippen molar-refractivity contribution in [1.82, 2.24) is 24.8 Å². The van der Waals surface area contributed by atoms with Gasteiger partial charge in [-0.15, -0.1) is 0 Å². The number of fused-ring (bicyclic) bond motifs is 1. The zero-order chi connectivity index (χ0) is 18.8. The normalized spacial score (nSPS) is 10.7. The van der Waals surface area contributed by atoms with Crippen molar-refractivity contribution >= 4 is 29.0 Å². The van der Waals surface area contributed by atoms with Gasteiger partial charge >= 0.3 is 0 Å². The lowest BCUT2D eigenvalue weighted by Gasteiger charge is -2.22. The molecule has 3 heterocycles. The minimum atomic E-state index is -0.634. The number of anilines is 3. The Labute approximate surface area is 152 Å². The number of hydrogen-bond donors (Lipinski definition) is 2. The van der Waals surface area contributed by atoms with Crippen LogP contribution in [0.4, 0.5) is 21.8 Å². The van der Waals surface area contributed by atoms with Crippen LogP contribution in [0.3, 0.4) is 0 Å². The van der Waals surface area contributed by atoms with Gasteiger partial charge in [-0.2, -0.15) is 4.39 Å². The van der Waals surface area contributed by atoms with E-state index in [0.717, 1.165) is 0 Å². The number of nitrogens with one attached hydrogen (secondary N) is 1. The summed E-state index contributed by atoms with van der Waals surface area (Å²) in [5, 5.41) is 8.76. The molecule has 4 aromatic rings. The Morgan fingerprint density at radius 3 is 2.48 bits per heavy atom. The Hall–Kier alpha value is -3.85.